The van der Waals surface area contributed by atoms with Crippen LogP contribution in [0.25, 0.3) is 0 Å². The number of likely N-dealkylation sites (tertiary alicyclic amines) is 1. The van der Waals surface area contributed by atoms with Crippen molar-refractivity contribution in [3.63, 3.8) is 0 Å². The van der Waals surface area contributed by atoms with Crippen molar-refractivity contribution in [2.75, 3.05) is 6.54 Å². The first kappa shape index (κ1) is 13.4. The predicted octanol–water partition coefficient (Wildman–Crippen LogP) is 3.97. The van der Waals surface area contributed by atoms with Crippen molar-refractivity contribution in [3.8, 4) is 0 Å². The first-order chi connectivity index (χ1) is 9.74. The molecule has 1 unspecified atom stereocenters. The van der Waals surface area contributed by atoms with Gasteiger partial charge in [0.25, 0.3) is 0 Å². The zero-order valence-electron chi connectivity index (χ0n) is 11.1. The van der Waals surface area contributed by atoms with E-state index in [2.05, 4.69) is 28.1 Å². The number of amides is 1. The maximum atomic E-state index is 12.5. The summed E-state index contributed by atoms with van der Waals surface area (Å²) < 4.78 is 1.05. The van der Waals surface area contributed by atoms with Gasteiger partial charge in [-0.2, -0.15) is 0 Å². The Morgan fingerprint density at radius 2 is 1.75 bits per heavy atom. The molecule has 3 rings (SSSR count). The standard InChI is InChI=1S/C17H16BrNO/c18-15-8-6-14(7-9-15)16-10-11-19(17(16)20)12-13-4-2-1-3-5-13/h1-9,16H,10-12H2. The number of halogens is 1. The van der Waals surface area contributed by atoms with E-state index in [0.29, 0.717) is 6.54 Å². The molecular weight excluding hydrogens is 314 g/mol. The summed E-state index contributed by atoms with van der Waals surface area (Å²) in [6.07, 6.45) is 0.910. The molecule has 2 aromatic carbocycles. The van der Waals surface area contributed by atoms with Crippen LogP contribution in [0.1, 0.15) is 23.5 Å². The molecule has 0 bridgehead atoms. The summed E-state index contributed by atoms with van der Waals surface area (Å²) >= 11 is 3.43. The number of nitrogens with zero attached hydrogens (tertiary/aromatic N) is 1. The second-order valence-corrected chi connectivity index (χ2v) is 6.05. The van der Waals surface area contributed by atoms with Gasteiger partial charge in [-0.05, 0) is 29.7 Å². The van der Waals surface area contributed by atoms with Gasteiger partial charge >= 0.3 is 0 Å². The number of carbonyl (C=O) groups is 1. The molecule has 0 aliphatic carbocycles. The van der Waals surface area contributed by atoms with Gasteiger partial charge in [0.1, 0.15) is 0 Å². The quantitative estimate of drug-likeness (QED) is 0.834. The topological polar surface area (TPSA) is 20.3 Å². The monoisotopic (exact) mass is 329 g/mol. The van der Waals surface area contributed by atoms with E-state index < -0.39 is 0 Å². The van der Waals surface area contributed by atoms with Crippen molar-refractivity contribution in [1.82, 2.24) is 4.90 Å². The summed E-state index contributed by atoms with van der Waals surface area (Å²) in [6, 6.07) is 18.3. The molecule has 1 fully saturated rings. The van der Waals surface area contributed by atoms with Crippen molar-refractivity contribution in [2.45, 2.75) is 18.9 Å². The van der Waals surface area contributed by atoms with Crippen LogP contribution >= 0.6 is 15.9 Å². The number of benzene rings is 2. The van der Waals surface area contributed by atoms with E-state index in [0.717, 1.165) is 23.0 Å². The van der Waals surface area contributed by atoms with Gasteiger partial charge in [-0.15, -0.1) is 0 Å². The minimum Gasteiger partial charge on any atom is -0.338 e. The average molecular weight is 330 g/mol. The van der Waals surface area contributed by atoms with Crippen molar-refractivity contribution in [2.24, 2.45) is 0 Å². The van der Waals surface area contributed by atoms with E-state index >= 15 is 0 Å². The Morgan fingerprint density at radius 3 is 2.45 bits per heavy atom. The second-order valence-electron chi connectivity index (χ2n) is 5.14. The molecule has 1 amide bonds. The highest BCUT2D eigenvalue weighted by atomic mass is 79.9. The Morgan fingerprint density at radius 1 is 1.05 bits per heavy atom. The fourth-order valence-electron chi connectivity index (χ4n) is 2.70. The SMILES string of the molecule is O=C1C(c2ccc(Br)cc2)CCN1Cc1ccccc1. The number of rotatable bonds is 3. The first-order valence-electron chi connectivity index (χ1n) is 6.82. The van der Waals surface area contributed by atoms with Gasteiger partial charge in [-0.25, -0.2) is 0 Å². The minimum atomic E-state index is 0.0202. The largest absolute Gasteiger partial charge is 0.338 e. The molecule has 2 aromatic rings. The van der Waals surface area contributed by atoms with Crippen LogP contribution in [-0.2, 0) is 11.3 Å². The summed E-state index contributed by atoms with van der Waals surface area (Å²) in [5, 5.41) is 0. The molecule has 0 spiro atoms. The van der Waals surface area contributed by atoms with E-state index in [9.17, 15) is 4.79 Å². The van der Waals surface area contributed by atoms with Crippen LogP contribution in [0.3, 0.4) is 0 Å². The van der Waals surface area contributed by atoms with Crippen LogP contribution in [0.2, 0.25) is 0 Å². The molecular formula is C17H16BrNO. The second kappa shape index (κ2) is 5.80. The molecule has 3 heteroatoms. The first-order valence-corrected chi connectivity index (χ1v) is 7.61. The van der Waals surface area contributed by atoms with Gasteiger partial charge in [0.2, 0.25) is 5.91 Å². The smallest absolute Gasteiger partial charge is 0.230 e. The van der Waals surface area contributed by atoms with Gasteiger partial charge in [0, 0.05) is 17.6 Å². The zero-order chi connectivity index (χ0) is 13.9. The summed E-state index contributed by atoms with van der Waals surface area (Å²) in [7, 11) is 0. The lowest BCUT2D eigenvalue weighted by Gasteiger charge is -2.17. The molecule has 1 atom stereocenters. The molecule has 1 heterocycles. The minimum absolute atomic E-state index is 0.0202. The maximum absolute atomic E-state index is 12.5. The predicted molar refractivity (Wildman–Crippen MR) is 83.4 cm³/mol. The average Bonchev–Trinajstić information content (AvgIpc) is 2.83. The van der Waals surface area contributed by atoms with Crippen LogP contribution in [0, 0.1) is 0 Å². The third kappa shape index (κ3) is 2.78. The van der Waals surface area contributed by atoms with Crippen LogP contribution in [0.4, 0.5) is 0 Å². The van der Waals surface area contributed by atoms with Crippen LogP contribution < -0.4 is 0 Å². The molecule has 0 radical (unpaired) electrons. The van der Waals surface area contributed by atoms with Crippen molar-refractivity contribution in [1.29, 1.82) is 0 Å². The highest BCUT2D eigenvalue weighted by Crippen LogP contribution is 2.30. The lowest BCUT2D eigenvalue weighted by atomic mass is 9.98. The van der Waals surface area contributed by atoms with Gasteiger partial charge in [0.15, 0.2) is 0 Å². The van der Waals surface area contributed by atoms with Gasteiger partial charge in [-0.1, -0.05) is 58.4 Å². The summed E-state index contributed by atoms with van der Waals surface area (Å²) in [6.45, 7) is 1.56. The van der Waals surface area contributed by atoms with E-state index in [1.54, 1.807) is 0 Å². The van der Waals surface area contributed by atoms with E-state index in [-0.39, 0.29) is 11.8 Å². The third-order valence-electron chi connectivity index (χ3n) is 3.79. The number of hydrogen-bond acceptors (Lipinski definition) is 1. The normalized spacial score (nSPS) is 18.6. The Balaban J connectivity index is 1.72. The van der Waals surface area contributed by atoms with Crippen LogP contribution in [-0.4, -0.2) is 17.4 Å². The molecule has 0 aromatic heterocycles. The fraction of sp³-hybridized carbons (Fsp3) is 0.235. The molecule has 0 saturated carbocycles. The Labute approximate surface area is 127 Å². The van der Waals surface area contributed by atoms with E-state index in [4.69, 9.17) is 0 Å². The van der Waals surface area contributed by atoms with E-state index in [1.165, 1.54) is 5.56 Å². The summed E-state index contributed by atoms with van der Waals surface area (Å²) in [4.78, 5) is 14.5. The highest BCUT2D eigenvalue weighted by Gasteiger charge is 2.32. The lowest BCUT2D eigenvalue weighted by Crippen LogP contribution is -2.26. The highest BCUT2D eigenvalue weighted by molar-refractivity contribution is 9.10. The van der Waals surface area contributed by atoms with Crippen molar-refractivity contribution in [3.05, 3.63) is 70.2 Å². The molecule has 1 aliphatic rings. The fourth-order valence-corrected chi connectivity index (χ4v) is 2.97. The zero-order valence-corrected chi connectivity index (χ0v) is 12.7. The number of carbonyl (C=O) groups excluding carboxylic acids is 1. The summed E-state index contributed by atoms with van der Waals surface area (Å²) in [5.74, 6) is 0.267. The van der Waals surface area contributed by atoms with Gasteiger partial charge < -0.3 is 4.90 Å². The van der Waals surface area contributed by atoms with Gasteiger partial charge in [-0.3, -0.25) is 4.79 Å². The van der Waals surface area contributed by atoms with Crippen LogP contribution in [0.15, 0.2) is 59.1 Å². The number of hydrogen-bond donors (Lipinski definition) is 0. The maximum Gasteiger partial charge on any atom is 0.230 e. The molecule has 20 heavy (non-hydrogen) atoms. The Bertz CT molecular complexity index is 594. The van der Waals surface area contributed by atoms with E-state index in [1.807, 2.05) is 47.4 Å². The Kier molecular flexibility index (Phi) is 3.88. The molecule has 1 aliphatic heterocycles. The van der Waals surface area contributed by atoms with Crippen molar-refractivity contribution >= 4 is 21.8 Å². The van der Waals surface area contributed by atoms with Crippen molar-refractivity contribution < 1.29 is 4.79 Å². The van der Waals surface area contributed by atoms with Gasteiger partial charge in [0.05, 0.1) is 5.92 Å². The Hall–Kier alpha value is -1.61. The van der Waals surface area contributed by atoms with Crippen LogP contribution in [0.5, 0.6) is 0 Å². The third-order valence-corrected chi connectivity index (χ3v) is 4.31. The molecule has 102 valence electrons. The lowest BCUT2D eigenvalue weighted by molar-refractivity contribution is -0.129. The molecule has 0 N–H and O–H groups in total. The summed E-state index contributed by atoms with van der Waals surface area (Å²) in [5.41, 5.74) is 2.31. The molecule has 2 nitrogen and oxygen atoms in total. The molecule has 1 saturated heterocycles.